The van der Waals surface area contributed by atoms with Gasteiger partial charge in [0, 0.05) is 18.8 Å². The number of nitrogens with two attached hydrogens (primary N) is 1. The predicted octanol–water partition coefficient (Wildman–Crippen LogP) is 4.41. The summed E-state index contributed by atoms with van der Waals surface area (Å²) in [5, 5.41) is 28.9. The minimum atomic E-state index is -0.731. The molecule has 0 aliphatic rings. The van der Waals surface area contributed by atoms with Crippen LogP contribution in [0.25, 0.3) is 0 Å². The molecule has 1 aromatic carbocycles. The van der Waals surface area contributed by atoms with Crippen molar-refractivity contribution in [2.45, 2.75) is 13.8 Å². The van der Waals surface area contributed by atoms with E-state index in [9.17, 15) is 20.2 Å². The zero-order chi connectivity index (χ0) is 18.6. The van der Waals surface area contributed by atoms with Crippen LogP contribution in [-0.2, 0) is 0 Å². The lowest BCUT2D eigenvalue weighted by Crippen LogP contribution is -2.21. The zero-order valence-electron chi connectivity index (χ0n) is 13.6. The first-order valence-electron chi connectivity index (χ1n) is 7.36. The average molecular weight is 364 g/mol. The van der Waals surface area contributed by atoms with Gasteiger partial charge in [0.1, 0.15) is 11.8 Å². The van der Waals surface area contributed by atoms with Crippen LogP contribution in [-0.4, -0.2) is 22.9 Å². The van der Waals surface area contributed by atoms with Gasteiger partial charge in [-0.3, -0.25) is 20.2 Å². The second-order valence-corrected chi connectivity index (χ2v) is 5.91. The van der Waals surface area contributed by atoms with Crippen LogP contribution in [0.1, 0.15) is 13.8 Å². The number of nitrogens with zero attached hydrogens (tertiary/aromatic N) is 5. The Labute approximate surface area is 146 Å². The summed E-state index contributed by atoms with van der Waals surface area (Å²) < 4.78 is 0. The van der Waals surface area contributed by atoms with Crippen molar-refractivity contribution >= 4 is 44.1 Å². The maximum atomic E-state index is 11.0. The number of benzene rings is 1. The fourth-order valence-electron chi connectivity index (χ4n) is 2.17. The molecule has 1 heterocycles. The highest BCUT2D eigenvalue weighted by molar-refractivity contribution is 7.19. The number of thiophene rings is 1. The standard InChI is InChI=1S/C14H16N6O4S/c1-3-18(4-2)9-5-6-11(10(15)7-9)16-17-14-12(19(21)22)8-13(25-14)20(23)24/h5-8H,3-4,15H2,1-2H3/b17-16+. The summed E-state index contributed by atoms with van der Waals surface area (Å²) in [5.41, 5.74) is 7.13. The van der Waals surface area contributed by atoms with Crippen molar-refractivity contribution in [3.8, 4) is 0 Å². The number of nitrogen functional groups attached to an aromatic ring is 1. The number of hydrogen-bond acceptors (Lipinski definition) is 9. The van der Waals surface area contributed by atoms with Crippen molar-refractivity contribution in [2.24, 2.45) is 10.2 Å². The normalized spacial score (nSPS) is 11.0. The lowest BCUT2D eigenvalue weighted by molar-refractivity contribution is -0.389. The number of nitro groups is 2. The third-order valence-electron chi connectivity index (χ3n) is 3.45. The molecule has 2 rings (SSSR count). The highest BCUT2D eigenvalue weighted by Gasteiger charge is 2.25. The van der Waals surface area contributed by atoms with Crippen molar-refractivity contribution in [1.82, 2.24) is 0 Å². The Morgan fingerprint density at radius 1 is 1.12 bits per heavy atom. The van der Waals surface area contributed by atoms with Gasteiger partial charge in [-0.2, -0.15) is 0 Å². The van der Waals surface area contributed by atoms with E-state index in [4.69, 9.17) is 5.73 Å². The lowest BCUT2D eigenvalue weighted by Gasteiger charge is -2.21. The van der Waals surface area contributed by atoms with Crippen molar-refractivity contribution in [3.63, 3.8) is 0 Å². The van der Waals surface area contributed by atoms with Crippen LogP contribution in [0.15, 0.2) is 34.5 Å². The third-order valence-corrected chi connectivity index (χ3v) is 4.41. The average Bonchev–Trinajstić information content (AvgIpc) is 3.00. The Hall–Kier alpha value is -3.08. The largest absolute Gasteiger partial charge is 0.397 e. The van der Waals surface area contributed by atoms with Gasteiger partial charge in [-0.15, -0.1) is 10.2 Å². The molecule has 0 saturated heterocycles. The molecule has 0 spiro atoms. The Bertz CT molecular complexity index is 831. The van der Waals surface area contributed by atoms with Gasteiger partial charge in [0.15, 0.2) is 0 Å². The first-order chi connectivity index (χ1) is 11.9. The molecule has 10 nitrogen and oxygen atoms in total. The Morgan fingerprint density at radius 3 is 2.32 bits per heavy atom. The van der Waals surface area contributed by atoms with Crippen LogP contribution in [0.4, 0.5) is 32.8 Å². The fourth-order valence-corrected chi connectivity index (χ4v) is 2.93. The first-order valence-corrected chi connectivity index (χ1v) is 8.17. The van der Waals surface area contributed by atoms with Crippen molar-refractivity contribution in [2.75, 3.05) is 23.7 Å². The maximum absolute atomic E-state index is 11.0. The van der Waals surface area contributed by atoms with Gasteiger partial charge in [0.2, 0.25) is 5.00 Å². The lowest BCUT2D eigenvalue weighted by atomic mass is 10.2. The van der Waals surface area contributed by atoms with E-state index in [-0.39, 0.29) is 10.0 Å². The van der Waals surface area contributed by atoms with Gasteiger partial charge < -0.3 is 10.6 Å². The highest BCUT2D eigenvalue weighted by Crippen LogP contribution is 2.42. The number of rotatable bonds is 7. The summed E-state index contributed by atoms with van der Waals surface area (Å²) in [7, 11) is 0. The summed E-state index contributed by atoms with van der Waals surface area (Å²) in [6, 6.07) is 6.09. The van der Waals surface area contributed by atoms with E-state index in [0.717, 1.165) is 24.8 Å². The molecule has 11 heteroatoms. The minimum absolute atomic E-state index is 0.149. The fraction of sp³-hybridized carbons (Fsp3) is 0.286. The molecule has 0 fully saturated rings. The summed E-state index contributed by atoms with van der Waals surface area (Å²) in [5.74, 6) is 0. The van der Waals surface area contributed by atoms with E-state index in [2.05, 4.69) is 15.1 Å². The van der Waals surface area contributed by atoms with Crippen LogP contribution >= 0.6 is 11.3 Å². The molecule has 132 valence electrons. The molecule has 0 radical (unpaired) electrons. The van der Waals surface area contributed by atoms with Crippen LogP contribution < -0.4 is 10.6 Å². The molecule has 0 saturated carbocycles. The molecular formula is C14H16N6O4S. The van der Waals surface area contributed by atoms with E-state index in [1.54, 1.807) is 12.1 Å². The highest BCUT2D eigenvalue weighted by atomic mass is 32.1. The summed E-state index contributed by atoms with van der Waals surface area (Å²) in [6.07, 6.45) is 0. The van der Waals surface area contributed by atoms with Gasteiger partial charge in [-0.1, -0.05) is 0 Å². The van der Waals surface area contributed by atoms with Gasteiger partial charge in [0.05, 0.1) is 15.5 Å². The Balaban J connectivity index is 2.33. The van der Waals surface area contributed by atoms with Gasteiger partial charge in [-0.05, 0) is 43.4 Å². The van der Waals surface area contributed by atoms with Crippen LogP contribution in [0, 0.1) is 20.2 Å². The summed E-state index contributed by atoms with van der Waals surface area (Å²) in [4.78, 5) is 22.4. The number of azo groups is 1. The SMILES string of the molecule is CCN(CC)c1ccc(/N=N/c2sc([N+](=O)[O-])cc2[N+](=O)[O-])c(N)c1. The molecule has 25 heavy (non-hydrogen) atoms. The molecule has 2 N–H and O–H groups in total. The van der Waals surface area contributed by atoms with E-state index in [0.29, 0.717) is 22.7 Å². The monoisotopic (exact) mass is 364 g/mol. The van der Waals surface area contributed by atoms with Gasteiger partial charge in [0.25, 0.3) is 0 Å². The maximum Gasteiger partial charge on any atom is 0.333 e. The molecule has 1 aromatic heterocycles. The van der Waals surface area contributed by atoms with Gasteiger partial charge >= 0.3 is 10.7 Å². The quantitative estimate of drug-likeness (QED) is 0.334. The molecular weight excluding hydrogens is 348 g/mol. The van der Waals surface area contributed by atoms with E-state index < -0.39 is 15.5 Å². The second kappa shape index (κ2) is 7.66. The van der Waals surface area contributed by atoms with E-state index in [1.807, 2.05) is 19.9 Å². The van der Waals surface area contributed by atoms with Crippen molar-refractivity contribution in [3.05, 3.63) is 44.5 Å². The molecule has 2 aromatic rings. The summed E-state index contributed by atoms with van der Waals surface area (Å²) in [6.45, 7) is 5.69. The third kappa shape index (κ3) is 4.07. The van der Waals surface area contributed by atoms with E-state index in [1.165, 1.54) is 0 Å². The number of hydrogen-bond donors (Lipinski definition) is 1. The first kappa shape index (κ1) is 18.3. The Kier molecular flexibility index (Phi) is 5.60. The van der Waals surface area contributed by atoms with E-state index >= 15 is 0 Å². The molecule has 0 amide bonds. The molecule has 0 aliphatic heterocycles. The molecule has 0 bridgehead atoms. The molecule has 0 atom stereocenters. The Morgan fingerprint density at radius 2 is 1.80 bits per heavy atom. The van der Waals surface area contributed by atoms with Crippen molar-refractivity contribution in [1.29, 1.82) is 0 Å². The smallest absolute Gasteiger partial charge is 0.333 e. The van der Waals surface area contributed by atoms with Crippen molar-refractivity contribution < 1.29 is 9.85 Å². The predicted molar refractivity (Wildman–Crippen MR) is 96.2 cm³/mol. The zero-order valence-corrected chi connectivity index (χ0v) is 14.4. The molecule has 0 aliphatic carbocycles. The second-order valence-electron chi connectivity index (χ2n) is 4.90. The van der Waals surface area contributed by atoms with Crippen LogP contribution in [0.2, 0.25) is 0 Å². The van der Waals surface area contributed by atoms with Gasteiger partial charge in [-0.25, -0.2) is 0 Å². The van der Waals surface area contributed by atoms with Crippen LogP contribution in [0.3, 0.4) is 0 Å². The number of anilines is 2. The summed E-state index contributed by atoms with van der Waals surface area (Å²) >= 11 is 0.586. The molecule has 0 unspecified atom stereocenters. The van der Waals surface area contributed by atoms with Crippen LogP contribution in [0.5, 0.6) is 0 Å². The minimum Gasteiger partial charge on any atom is -0.397 e. The topological polar surface area (TPSA) is 140 Å².